The van der Waals surface area contributed by atoms with Gasteiger partial charge >= 0.3 is 12.1 Å². The van der Waals surface area contributed by atoms with Crippen LogP contribution in [0.1, 0.15) is 36.7 Å². The minimum absolute atomic E-state index is 0.0535. The Hall–Kier alpha value is -4.16. The molecular formula is C33H38ClFN8O3. The summed E-state index contributed by atoms with van der Waals surface area (Å²) in [7, 11) is 5.41. The predicted molar refractivity (Wildman–Crippen MR) is 174 cm³/mol. The number of anilines is 2. The molecule has 7 rings (SSSR count). The second-order valence-corrected chi connectivity index (χ2v) is 13.1. The number of amides is 1. The molecule has 242 valence electrons. The van der Waals surface area contributed by atoms with Crippen LogP contribution in [0.25, 0.3) is 10.8 Å². The fourth-order valence-electron chi connectivity index (χ4n) is 6.77. The molecule has 0 spiro atoms. The summed E-state index contributed by atoms with van der Waals surface area (Å²) >= 11 is 6.78. The number of benzene rings is 2. The Morgan fingerprint density at radius 2 is 2.02 bits per heavy atom. The molecule has 46 heavy (non-hydrogen) atoms. The summed E-state index contributed by atoms with van der Waals surface area (Å²) in [5.74, 6) is 0.754. The van der Waals surface area contributed by atoms with Gasteiger partial charge < -0.3 is 33.6 Å². The topological polar surface area (TPSA) is 92.1 Å². The summed E-state index contributed by atoms with van der Waals surface area (Å²) in [6, 6.07) is 10.1. The van der Waals surface area contributed by atoms with E-state index < -0.39 is 12.0 Å². The average molecular weight is 649 g/mol. The molecule has 1 fully saturated rings. The summed E-state index contributed by atoms with van der Waals surface area (Å²) in [5, 5.41) is 2.35. The molecule has 5 heterocycles. The van der Waals surface area contributed by atoms with E-state index in [0.717, 1.165) is 52.9 Å². The quantitative estimate of drug-likeness (QED) is 0.282. The second kappa shape index (κ2) is 12.2. The van der Waals surface area contributed by atoms with E-state index in [4.69, 9.17) is 31.0 Å². The van der Waals surface area contributed by atoms with Crippen LogP contribution in [0.4, 0.5) is 20.7 Å². The Labute approximate surface area is 272 Å². The van der Waals surface area contributed by atoms with E-state index in [0.29, 0.717) is 67.7 Å². The minimum Gasteiger partial charge on any atom is -0.462 e. The molecule has 13 heteroatoms. The van der Waals surface area contributed by atoms with Crippen molar-refractivity contribution in [2.45, 2.75) is 57.9 Å². The number of carbonyl (C=O) groups is 1. The van der Waals surface area contributed by atoms with Gasteiger partial charge in [0, 0.05) is 56.3 Å². The van der Waals surface area contributed by atoms with Crippen LogP contribution >= 0.6 is 11.6 Å². The number of ether oxygens (including phenoxy) is 2. The maximum absolute atomic E-state index is 14.7. The fraction of sp³-hybridized carbons (Fsp3) is 0.455. The lowest BCUT2D eigenvalue weighted by Crippen LogP contribution is -2.43. The highest BCUT2D eigenvalue weighted by Gasteiger charge is 2.33. The van der Waals surface area contributed by atoms with Crippen LogP contribution in [0.5, 0.6) is 11.8 Å². The number of nitrogens with zero attached hydrogens (tertiary/aromatic N) is 8. The Bertz CT molecular complexity index is 1800. The third kappa shape index (κ3) is 5.68. The highest BCUT2D eigenvalue weighted by atomic mass is 35.5. The van der Waals surface area contributed by atoms with E-state index >= 15 is 0 Å². The van der Waals surface area contributed by atoms with Crippen LogP contribution in [-0.4, -0.2) is 88.3 Å². The van der Waals surface area contributed by atoms with Gasteiger partial charge in [-0.1, -0.05) is 23.7 Å². The van der Waals surface area contributed by atoms with Crippen molar-refractivity contribution in [2.75, 3.05) is 50.6 Å². The SMILES string of the molecule is C[C@@H]1Cn2cnc(F)c2CN1c1nc(OC[C@@H]2CCCN2C)nc2c1CCN(c1cc(OC(=O)N(C)C)cc3cccc(Cl)c13)C2. The summed E-state index contributed by atoms with van der Waals surface area (Å²) in [6.07, 6.45) is 3.96. The Morgan fingerprint density at radius 3 is 2.80 bits per heavy atom. The number of rotatable bonds is 6. The smallest absolute Gasteiger partial charge is 0.414 e. The number of likely N-dealkylation sites (N-methyl/N-ethyl adjacent to an activating group) is 1. The van der Waals surface area contributed by atoms with Gasteiger partial charge in [-0.25, -0.2) is 9.78 Å². The molecular weight excluding hydrogens is 611 g/mol. The number of aromatic nitrogens is 4. The van der Waals surface area contributed by atoms with Gasteiger partial charge in [0.05, 0.1) is 41.5 Å². The van der Waals surface area contributed by atoms with Gasteiger partial charge in [-0.2, -0.15) is 14.4 Å². The molecule has 0 N–H and O–H groups in total. The molecule has 3 aliphatic heterocycles. The maximum Gasteiger partial charge on any atom is 0.414 e. The van der Waals surface area contributed by atoms with Crippen molar-refractivity contribution in [3.63, 3.8) is 0 Å². The summed E-state index contributed by atoms with van der Waals surface area (Å²) < 4.78 is 28.6. The number of likely N-dealkylation sites (tertiary alicyclic amines) is 1. The van der Waals surface area contributed by atoms with Crippen molar-refractivity contribution in [3.05, 3.63) is 64.6 Å². The van der Waals surface area contributed by atoms with Crippen molar-refractivity contribution in [1.82, 2.24) is 29.3 Å². The van der Waals surface area contributed by atoms with Crippen LogP contribution in [0.3, 0.4) is 0 Å². The van der Waals surface area contributed by atoms with E-state index in [1.165, 1.54) is 4.90 Å². The highest BCUT2D eigenvalue weighted by molar-refractivity contribution is 6.36. The molecule has 3 aliphatic rings. The van der Waals surface area contributed by atoms with E-state index in [9.17, 15) is 9.18 Å². The number of hydrogen-bond acceptors (Lipinski definition) is 9. The zero-order valence-corrected chi connectivity index (χ0v) is 27.3. The Balaban J connectivity index is 1.27. The van der Waals surface area contributed by atoms with Crippen LogP contribution < -0.4 is 19.3 Å². The third-order valence-electron chi connectivity index (χ3n) is 9.37. The maximum atomic E-state index is 14.7. The highest BCUT2D eigenvalue weighted by Crippen LogP contribution is 2.40. The molecule has 11 nitrogen and oxygen atoms in total. The number of carbonyl (C=O) groups excluding carboxylic acids is 1. The molecule has 2 aromatic carbocycles. The standard InChI is InChI=1S/C33H38ClFN8O3/c1-20-15-42-19-36-30(35)28(42)17-43(20)31-24-10-12-41(16-26(24)37-32(38-31)45-18-22-8-6-11-40(22)4)27-14-23(46-33(44)39(2)3)13-21-7-5-9-25(34)29(21)27/h5,7,9,13-14,19-20,22H,6,8,10-12,15-18H2,1-4H3/t20-,22+/m1/s1. The lowest BCUT2D eigenvalue weighted by Gasteiger charge is -2.38. The molecule has 0 aliphatic carbocycles. The van der Waals surface area contributed by atoms with E-state index in [-0.39, 0.29) is 6.04 Å². The molecule has 0 unspecified atom stereocenters. The molecule has 4 aromatic rings. The number of imidazole rings is 1. The molecule has 0 bridgehead atoms. The summed E-state index contributed by atoms with van der Waals surface area (Å²) in [5.41, 5.74) is 3.26. The van der Waals surface area contributed by atoms with Crippen molar-refractivity contribution in [1.29, 1.82) is 0 Å². The predicted octanol–water partition coefficient (Wildman–Crippen LogP) is 5.12. The first kappa shape index (κ1) is 30.5. The number of halogens is 2. The molecule has 1 amide bonds. The van der Waals surface area contributed by atoms with Crippen LogP contribution in [-0.2, 0) is 26.1 Å². The van der Waals surface area contributed by atoms with Gasteiger partial charge in [0.1, 0.15) is 18.2 Å². The average Bonchev–Trinajstić information content (AvgIpc) is 3.62. The normalized spacial score (nSPS) is 19.7. The van der Waals surface area contributed by atoms with Gasteiger partial charge in [0.15, 0.2) is 0 Å². The molecule has 1 saturated heterocycles. The fourth-order valence-corrected chi connectivity index (χ4v) is 7.05. The number of hydrogen-bond donors (Lipinski definition) is 0. The first-order valence-corrected chi connectivity index (χ1v) is 16.1. The van der Waals surface area contributed by atoms with Gasteiger partial charge in [-0.15, -0.1) is 0 Å². The third-order valence-corrected chi connectivity index (χ3v) is 9.68. The first-order valence-electron chi connectivity index (χ1n) is 15.7. The van der Waals surface area contributed by atoms with Crippen LogP contribution in [0, 0.1) is 5.95 Å². The molecule has 2 aromatic heterocycles. The lowest BCUT2D eigenvalue weighted by molar-refractivity contribution is 0.172. The van der Waals surface area contributed by atoms with E-state index in [2.05, 4.69) is 33.7 Å². The Kier molecular flexibility index (Phi) is 8.10. The lowest BCUT2D eigenvalue weighted by atomic mass is 10.0. The van der Waals surface area contributed by atoms with E-state index in [1.807, 2.05) is 34.9 Å². The molecule has 0 saturated carbocycles. The zero-order chi connectivity index (χ0) is 32.1. The van der Waals surface area contributed by atoms with Gasteiger partial charge in [-0.05, 0) is 57.3 Å². The molecule has 0 radical (unpaired) electrons. The summed E-state index contributed by atoms with van der Waals surface area (Å²) in [4.78, 5) is 34.4. The van der Waals surface area contributed by atoms with Crippen molar-refractivity contribution in [3.8, 4) is 11.8 Å². The summed E-state index contributed by atoms with van der Waals surface area (Å²) in [6.45, 7) is 5.72. The monoisotopic (exact) mass is 648 g/mol. The van der Waals surface area contributed by atoms with Gasteiger partial charge in [0.2, 0.25) is 5.95 Å². The van der Waals surface area contributed by atoms with E-state index in [1.54, 1.807) is 20.4 Å². The van der Waals surface area contributed by atoms with Crippen LogP contribution in [0.15, 0.2) is 36.7 Å². The van der Waals surface area contributed by atoms with Gasteiger partial charge in [-0.3, -0.25) is 0 Å². The largest absolute Gasteiger partial charge is 0.462 e. The first-order chi connectivity index (χ1) is 22.2. The van der Waals surface area contributed by atoms with Crippen molar-refractivity contribution < 1.29 is 18.7 Å². The van der Waals surface area contributed by atoms with Crippen LogP contribution in [0.2, 0.25) is 5.02 Å². The Morgan fingerprint density at radius 1 is 1.17 bits per heavy atom. The zero-order valence-electron chi connectivity index (χ0n) is 26.5. The van der Waals surface area contributed by atoms with Crippen molar-refractivity contribution >= 4 is 40.0 Å². The second-order valence-electron chi connectivity index (χ2n) is 12.7. The number of fused-ring (bicyclic) bond motifs is 3. The minimum atomic E-state index is -0.461. The van der Waals surface area contributed by atoms with Crippen molar-refractivity contribution in [2.24, 2.45) is 0 Å². The molecule has 2 atom stereocenters. The van der Waals surface area contributed by atoms with Gasteiger partial charge in [0.25, 0.3) is 0 Å².